The average Bonchev–Trinajstić information content (AvgIpc) is 2.93. The van der Waals surface area contributed by atoms with Crippen molar-refractivity contribution in [3.8, 4) is 0 Å². The summed E-state index contributed by atoms with van der Waals surface area (Å²) in [5.74, 6) is 0.916. The van der Waals surface area contributed by atoms with Gasteiger partial charge in [0, 0.05) is 10.9 Å². The number of rotatable bonds is 4. The number of aromatic amines is 1. The number of hydrogen-bond acceptors (Lipinski definition) is 2. The van der Waals surface area contributed by atoms with Gasteiger partial charge in [0.1, 0.15) is 13.1 Å². The molecule has 0 spiro atoms. The molecule has 21 heavy (non-hydrogen) atoms. The number of hydrogen-bond donors (Lipinski definition) is 2. The van der Waals surface area contributed by atoms with Crippen LogP contribution in [0.1, 0.15) is 22.5 Å². The van der Waals surface area contributed by atoms with E-state index in [1.807, 2.05) is 31.2 Å². The van der Waals surface area contributed by atoms with Gasteiger partial charge in [0.2, 0.25) is 0 Å². The van der Waals surface area contributed by atoms with Crippen LogP contribution in [0.5, 0.6) is 0 Å². The lowest BCUT2D eigenvalue weighted by molar-refractivity contribution is -0.688. The van der Waals surface area contributed by atoms with E-state index < -0.39 is 0 Å². The van der Waals surface area contributed by atoms with Crippen molar-refractivity contribution in [2.45, 2.75) is 26.9 Å². The van der Waals surface area contributed by atoms with Crippen LogP contribution in [0.2, 0.25) is 0 Å². The Morgan fingerprint density at radius 2 is 2.05 bits per heavy atom. The third-order valence-corrected chi connectivity index (χ3v) is 3.68. The summed E-state index contributed by atoms with van der Waals surface area (Å²) in [7, 11) is 0. The molecule has 0 radical (unpaired) electrons. The smallest absolute Gasteiger partial charge is 0.257 e. The number of furan rings is 1. The third-order valence-electron chi connectivity index (χ3n) is 3.68. The summed E-state index contributed by atoms with van der Waals surface area (Å²) >= 11 is 0. The van der Waals surface area contributed by atoms with E-state index >= 15 is 0 Å². The maximum absolute atomic E-state index is 12.1. The second-order valence-electron chi connectivity index (χ2n) is 5.44. The number of fused-ring (bicyclic) bond motifs is 1. The van der Waals surface area contributed by atoms with Crippen molar-refractivity contribution in [3.63, 3.8) is 0 Å². The van der Waals surface area contributed by atoms with Gasteiger partial charge in [0.15, 0.2) is 5.76 Å². The maximum atomic E-state index is 12.1. The fraction of sp³-hybridized carbons (Fsp3) is 0.235. The minimum atomic E-state index is -0.0109. The molecule has 108 valence electrons. The van der Waals surface area contributed by atoms with Gasteiger partial charge in [-0.25, -0.2) is 0 Å². The van der Waals surface area contributed by atoms with E-state index in [2.05, 4.69) is 23.3 Å². The van der Waals surface area contributed by atoms with Crippen LogP contribution in [-0.4, -0.2) is 4.98 Å². The van der Waals surface area contributed by atoms with E-state index in [9.17, 15) is 4.79 Å². The van der Waals surface area contributed by atoms with E-state index in [4.69, 9.17) is 4.42 Å². The molecule has 0 saturated heterocycles. The quantitative estimate of drug-likeness (QED) is 0.769. The first kappa shape index (κ1) is 13.6. The van der Waals surface area contributed by atoms with Gasteiger partial charge < -0.3 is 14.7 Å². The molecule has 0 bridgehead atoms. The molecule has 0 unspecified atom stereocenters. The Morgan fingerprint density at radius 1 is 1.19 bits per heavy atom. The first-order chi connectivity index (χ1) is 10.1. The summed E-state index contributed by atoms with van der Waals surface area (Å²) in [6, 6.07) is 9.96. The van der Waals surface area contributed by atoms with Crippen LogP contribution in [0.3, 0.4) is 0 Å². The Balaban J connectivity index is 1.85. The van der Waals surface area contributed by atoms with Gasteiger partial charge in [0.25, 0.3) is 5.56 Å². The predicted octanol–water partition coefficient (Wildman–Crippen LogP) is 2.00. The van der Waals surface area contributed by atoms with Gasteiger partial charge in [-0.1, -0.05) is 6.07 Å². The molecule has 0 aliphatic heterocycles. The van der Waals surface area contributed by atoms with Crippen molar-refractivity contribution < 1.29 is 9.73 Å². The molecule has 0 fully saturated rings. The molecule has 2 heterocycles. The fourth-order valence-electron chi connectivity index (χ4n) is 2.67. The maximum Gasteiger partial charge on any atom is 0.257 e. The second-order valence-corrected chi connectivity index (χ2v) is 5.44. The minimum Gasteiger partial charge on any atom is -0.463 e. The highest BCUT2D eigenvalue weighted by Crippen LogP contribution is 2.18. The molecule has 0 aliphatic rings. The lowest BCUT2D eigenvalue weighted by Crippen LogP contribution is -2.81. The zero-order valence-corrected chi connectivity index (χ0v) is 12.3. The Bertz CT molecular complexity index is 817. The first-order valence-electron chi connectivity index (χ1n) is 7.10. The van der Waals surface area contributed by atoms with Crippen molar-refractivity contribution in [2.75, 3.05) is 0 Å². The molecule has 3 N–H and O–H groups in total. The fourth-order valence-corrected chi connectivity index (χ4v) is 2.67. The van der Waals surface area contributed by atoms with Gasteiger partial charge >= 0.3 is 0 Å². The van der Waals surface area contributed by atoms with E-state index in [0.717, 1.165) is 34.3 Å². The predicted molar refractivity (Wildman–Crippen MR) is 82.1 cm³/mol. The molecule has 0 saturated carbocycles. The van der Waals surface area contributed by atoms with Gasteiger partial charge in [-0.05, 0) is 49.2 Å². The summed E-state index contributed by atoms with van der Waals surface area (Å²) in [4.78, 5) is 15.1. The summed E-state index contributed by atoms with van der Waals surface area (Å²) in [6.07, 6.45) is 1.66. The van der Waals surface area contributed by atoms with Gasteiger partial charge in [0.05, 0.1) is 11.8 Å². The van der Waals surface area contributed by atoms with E-state index in [0.29, 0.717) is 6.54 Å². The SMILES string of the molecule is Cc1cc(C)c2cc(C[NH2+]Cc3ccco3)c(=O)[nH]c2c1. The number of aromatic nitrogens is 1. The summed E-state index contributed by atoms with van der Waals surface area (Å²) in [6.45, 7) is 5.48. The molecule has 1 aromatic carbocycles. The normalized spacial score (nSPS) is 11.1. The summed E-state index contributed by atoms with van der Waals surface area (Å²) in [5, 5.41) is 3.18. The largest absolute Gasteiger partial charge is 0.463 e. The summed E-state index contributed by atoms with van der Waals surface area (Å²) < 4.78 is 5.29. The number of pyridine rings is 1. The van der Waals surface area contributed by atoms with Gasteiger partial charge in [-0.2, -0.15) is 0 Å². The molecule has 2 aromatic heterocycles. The van der Waals surface area contributed by atoms with Crippen molar-refractivity contribution >= 4 is 10.9 Å². The first-order valence-corrected chi connectivity index (χ1v) is 7.10. The molecule has 0 atom stereocenters. The number of benzene rings is 1. The van der Waals surface area contributed by atoms with Crippen LogP contribution in [0.4, 0.5) is 0 Å². The number of nitrogens with one attached hydrogen (secondary N) is 1. The zero-order valence-electron chi connectivity index (χ0n) is 12.3. The van der Waals surface area contributed by atoms with Crippen LogP contribution in [0.15, 0.2) is 45.8 Å². The topological polar surface area (TPSA) is 62.6 Å². The molecule has 0 amide bonds. The van der Waals surface area contributed by atoms with Crippen LogP contribution in [0.25, 0.3) is 10.9 Å². The highest BCUT2D eigenvalue weighted by atomic mass is 16.3. The van der Waals surface area contributed by atoms with Crippen molar-refractivity contribution in [1.82, 2.24) is 4.98 Å². The van der Waals surface area contributed by atoms with Crippen molar-refractivity contribution in [1.29, 1.82) is 0 Å². The van der Waals surface area contributed by atoms with Crippen LogP contribution in [0, 0.1) is 13.8 Å². The van der Waals surface area contributed by atoms with Crippen LogP contribution in [-0.2, 0) is 13.1 Å². The highest BCUT2D eigenvalue weighted by molar-refractivity contribution is 5.83. The average molecular weight is 283 g/mol. The molecule has 4 nitrogen and oxygen atoms in total. The van der Waals surface area contributed by atoms with Crippen LogP contribution >= 0.6 is 0 Å². The van der Waals surface area contributed by atoms with Gasteiger partial charge in [-0.3, -0.25) is 4.79 Å². The second kappa shape index (κ2) is 5.58. The van der Waals surface area contributed by atoms with Gasteiger partial charge in [-0.15, -0.1) is 0 Å². The molecular weight excluding hydrogens is 264 g/mol. The number of H-pyrrole nitrogens is 1. The Hall–Kier alpha value is -2.33. The monoisotopic (exact) mass is 283 g/mol. The Labute approximate surface area is 122 Å². The van der Waals surface area contributed by atoms with E-state index in [1.54, 1.807) is 6.26 Å². The zero-order chi connectivity index (χ0) is 14.8. The Kier molecular flexibility index (Phi) is 3.62. The minimum absolute atomic E-state index is 0.0109. The highest BCUT2D eigenvalue weighted by Gasteiger charge is 2.07. The van der Waals surface area contributed by atoms with Crippen LogP contribution < -0.4 is 10.9 Å². The van der Waals surface area contributed by atoms with Crippen molar-refractivity contribution in [2.24, 2.45) is 0 Å². The standard InChI is InChI=1S/C17H18N2O2/c1-11-6-12(2)15-8-13(17(20)19-16(15)7-11)9-18-10-14-4-3-5-21-14/h3-8,18H,9-10H2,1-2H3,(H,19,20)/p+1. The third kappa shape index (κ3) is 2.90. The Morgan fingerprint density at radius 3 is 2.81 bits per heavy atom. The summed E-state index contributed by atoms with van der Waals surface area (Å²) in [5.41, 5.74) is 4.04. The van der Waals surface area contributed by atoms with E-state index in [-0.39, 0.29) is 5.56 Å². The molecule has 4 heteroatoms. The van der Waals surface area contributed by atoms with Crippen molar-refractivity contribution in [3.05, 3.63) is 69.4 Å². The number of nitrogens with two attached hydrogens (primary N) is 1. The number of aryl methyl sites for hydroxylation is 2. The molecule has 0 aliphatic carbocycles. The molecule has 3 aromatic rings. The van der Waals surface area contributed by atoms with E-state index in [1.165, 1.54) is 5.56 Å². The molecule has 3 rings (SSSR count). The number of quaternary nitrogens is 1. The molecular formula is C17H19N2O2+. The lowest BCUT2D eigenvalue weighted by Gasteiger charge is -2.06. The lowest BCUT2D eigenvalue weighted by atomic mass is 10.0.